The molecule has 0 saturated heterocycles. The molecule has 1 aromatic heterocycles. The maximum Gasteiger partial charge on any atom is 0.130 e. The first-order chi connectivity index (χ1) is 7.16. The molecule has 0 radical (unpaired) electrons. The van der Waals surface area contributed by atoms with E-state index in [1.807, 2.05) is 12.1 Å². The molecule has 0 saturated carbocycles. The van der Waals surface area contributed by atoms with Crippen LogP contribution in [-0.2, 0) is 0 Å². The van der Waals surface area contributed by atoms with Crippen molar-refractivity contribution in [1.82, 2.24) is 4.98 Å². The molecule has 2 atom stereocenters. The lowest BCUT2D eigenvalue weighted by molar-refractivity contribution is 0.540. The average molecular weight is 223 g/mol. The quantitative estimate of drug-likeness (QED) is 0.742. The second-order valence-electron chi connectivity index (χ2n) is 4.19. The van der Waals surface area contributed by atoms with Crippen molar-refractivity contribution < 1.29 is 0 Å². The van der Waals surface area contributed by atoms with Crippen molar-refractivity contribution in [2.24, 2.45) is 5.92 Å². The number of aromatic nitrogens is 1. The first kappa shape index (κ1) is 10.5. The number of hydrogen-bond acceptors (Lipinski definition) is 2. The summed E-state index contributed by atoms with van der Waals surface area (Å²) in [7, 11) is 0. The highest BCUT2D eigenvalue weighted by atomic mass is 35.5. The van der Waals surface area contributed by atoms with Crippen LogP contribution < -0.4 is 5.73 Å². The molecule has 15 heavy (non-hydrogen) atoms. The van der Waals surface area contributed by atoms with Gasteiger partial charge in [-0.25, -0.2) is 4.98 Å². The van der Waals surface area contributed by atoms with Crippen LogP contribution in [0.2, 0.25) is 0 Å². The van der Waals surface area contributed by atoms with E-state index in [-0.39, 0.29) is 5.38 Å². The summed E-state index contributed by atoms with van der Waals surface area (Å²) in [6.07, 6.45) is 5.91. The number of hydrogen-bond donors (Lipinski definition) is 1. The SMILES string of the molecule is CC1CC(c2cccnc2N)=CC(Cl)C1. The van der Waals surface area contributed by atoms with Crippen LogP contribution in [-0.4, -0.2) is 10.4 Å². The Balaban J connectivity index is 2.35. The van der Waals surface area contributed by atoms with E-state index in [1.54, 1.807) is 6.20 Å². The summed E-state index contributed by atoms with van der Waals surface area (Å²) in [5, 5.41) is 0.128. The van der Waals surface area contributed by atoms with E-state index < -0.39 is 0 Å². The Morgan fingerprint density at radius 3 is 3.00 bits per heavy atom. The number of pyridine rings is 1. The van der Waals surface area contributed by atoms with Gasteiger partial charge in [-0.2, -0.15) is 0 Å². The third-order valence-electron chi connectivity index (χ3n) is 2.76. The summed E-state index contributed by atoms with van der Waals surface area (Å²) in [4.78, 5) is 4.10. The Bertz CT molecular complexity index is 387. The van der Waals surface area contributed by atoms with E-state index in [9.17, 15) is 0 Å². The molecule has 0 amide bonds. The van der Waals surface area contributed by atoms with Gasteiger partial charge in [-0.1, -0.05) is 13.0 Å². The van der Waals surface area contributed by atoms with Gasteiger partial charge in [0.15, 0.2) is 0 Å². The number of rotatable bonds is 1. The second-order valence-corrected chi connectivity index (χ2v) is 4.75. The number of nitrogen functional groups attached to an aromatic ring is 1. The summed E-state index contributed by atoms with van der Waals surface area (Å²) >= 11 is 6.17. The highest BCUT2D eigenvalue weighted by Crippen LogP contribution is 2.34. The number of nitrogens with zero attached hydrogens (tertiary/aromatic N) is 1. The van der Waals surface area contributed by atoms with E-state index in [1.165, 1.54) is 5.57 Å². The molecule has 2 nitrogen and oxygen atoms in total. The Morgan fingerprint density at radius 2 is 2.33 bits per heavy atom. The van der Waals surface area contributed by atoms with E-state index in [4.69, 9.17) is 17.3 Å². The monoisotopic (exact) mass is 222 g/mol. The maximum atomic E-state index is 6.17. The van der Waals surface area contributed by atoms with E-state index in [0.29, 0.717) is 11.7 Å². The van der Waals surface area contributed by atoms with Crippen LogP contribution in [0, 0.1) is 5.92 Å². The summed E-state index contributed by atoms with van der Waals surface area (Å²) in [5.41, 5.74) is 8.12. The maximum absolute atomic E-state index is 6.17. The van der Waals surface area contributed by atoms with Crippen LogP contribution in [0.15, 0.2) is 24.4 Å². The van der Waals surface area contributed by atoms with E-state index in [2.05, 4.69) is 18.0 Å². The first-order valence-electron chi connectivity index (χ1n) is 5.22. The van der Waals surface area contributed by atoms with Crippen molar-refractivity contribution in [2.45, 2.75) is 25.1 Å². The lowest BCUT2D eigenvalue weighted by Gasteiger charge is -2.23. The average Bonchev–Trinajstić information content (AvgIpc) is 2.16. The molecule has 1 aromatic rings. The van der Waals surface area contributed by atoms with Gasteiger partial charge in [0.1, 0.15) is 5.82 Å². The fourth-order valence-corrected chi connectivity index (χ4v) is 2.54. The van der Waals surface area contributed by atoms with Gasteiger partial charge in [0, 0.05) is 11.8 Å². The molecule has 1 aliphatic rings. The van der Waals surface area contributed by atoms with Crippen molar-refractivity contribution in [3.05, 3.63) is 30.0 Å². The standard InChI is InChI=1S/C12H15ClN2/c1-8-5-9(7-10(13)6-8)11-3-2-4-15-12(11)14/h2-4,7-8,10H,5-6H2,1H3,(H2,14,15). The predicted molar refractivity (Wildman–Crippen MR) is 64.7 cm³/mol. The minimum atomic E-state index is 0.128. The Hall–Kier alpha value is -1.02. The van der Waals surface area contributed by atoms with Gasteiger partial charge >= 0.3 is 0 Å². The van der Waals surface area contributed by atoms with Gasteiger partial charge in [0.2, 0.25) is 0 Å². The zero-order valence-corrected chi connectivity index (χ0v) is 9.54. The number of nitrogens with two attached hydrogens (primary N) is 1. The zero-order valence-electron chi connectivity index (χ0n) is 8.78. The van der Waals surface area contributed by atoms with Crippen molar-refractivity contribution >= 4 is 23.0 Å². The molecule has 2 rings (SSSR count). The highest BCUT2D eigenvalue weighted by molar-refractivity contribution is 6.22. The molecule has 1 heterocycles. The van der Waals surface area contributed by atoms with Crippen LogP contribution in [0.4, 0.5) is 5.82 Å². The van der Waals surface area contributed by atoms with Crippen LogP contribution in [0.1, 0.15) is 25.3 Å². The summed E-state index contributed by atoms with van der Waals surface area (Å²) < 4.78 is 0. The molecule has 0 bridgehead atoms. The molecule has 0 spiro atoms. The normalized spacial score (nSPS) is 26.1. The summed E-state index contributed by atoms with van der Waals surface area (Å²) in [6, 6.07) is 3.92. The minimum absolute atomic E-state index is 0.128. The van der Waals surface area contributed by atoms with E-state index in [0.717, 1.165) is 18.4 Å². The van der Waals surface area contributed by atoms with Gasteiger partial charge in [0.05, 0.1) is 5.38 Å². The van der Waals surface area contributed by atoms with Crippen molar-refractivity contribution in [2.75, 3.05) is 5.73 Å². The molecule has 0 fully saturated rings. The second kappa shape index (κ2) is 4.23. The zero-order chi connectivity index (χ0) is 10.8. The fourth-order valence-electron chi connectivity index (χ4n) is 2.09. The molecular weight excluding hydrogens is 208 g/mol. The van der Waals surface area contributed by atoms with Crippen molar-refractivity contribution in [1.29, 1.82) is 0 Å². The Labute approximate surface area is 95.2 Å². The third kappa shape index (κ3) is 2.32. The van der Waals surface area contributed by atoms with Gasteiger partial charge in [-0.15, -0.1) is 11.6 Å². The lowest BCUT2D eigenvalue weighted by Crippen LogP contribution is -2.12. The van der Waals surface area contributed by atoms with Gasteiger partial charge < -0.3 is 5.73 Å². The van der Waals surface area contributed by atoms with Crippen molar-refractivity contribution in [3.8, 4) is 0 Å². The van der Waals surface area contributed by atoms with E-state index >= 15 is 0 Å². The molecule has 3 heteroatoms. The van der Waals surface area contributed by atoms with Crippen LogP contribution in [0.3, 0.4) is 0 Å². The minimum Gasteiger partial charge on any atom is -0.383 e. The fraction of sp³-hybridized carbons (Fsp3) is 0.417. The molecule has 0 aliphatic heterocycles. The Kier molecular flexibility index (Phi) is 2.96. The smallest absolute Gasteiger partial charge is 0.130 e. The number of halogens is 1. The number of alkyl halides is 1. The number of anilines is 1. The van der Waals surface area contributed by atoms with Gasteiger partial charge in [-0.3, -0.25) is 0 Å². The van der Waals surface area contributed by atoms with Gasteiger partial charge in [-0.05, 0) is 36.5 Å². The largest absolute Gasteiger partial charge is 0.383 e. The topological polar surface area (TPSA) is 38.9 Å². The lowest BCUT2D eigenvalue weighted by atomic mass is 9.87. The van der Waals surface area contributed by atoms with Crippen LogP contribution in [0.25, 0.3) is 5.57 Å². The molecule has 80 valence electrons. The summed E-state index contributed by atoms with van der Waals surface area (Å²) in [6.45, 7) is 2.22. The van der Waals surface area contributed by atoms with Gasteiger partial charge in [0.25, 0.3) is 0 Å². The molecule has 2 unspecified atom stereocenters. The first-order valence-corrected chi connectivity index (χ1v) is 5.66. The van der Waals surface area contributed by atoms with Crippen molar-refractivity contribution in [3.63, 3.8) is 0 Å². The molecule has 1 aliphatic carbocycles. The molecule has 2 N–H and O–H groups in total. The molecule has 0 aromatic carbocycles. The van der Waals surface area contributed by atoms with Crippen LogP contribution >= 0.6 is 11.6 Å². The molecular formula is C12H15ClN2. The van der Waals surface area contributed by atoms with Crippen LogP contribution in [0.5, 0.6) is 0 Å². The number of allylic oxidation sites excluding steroid dienone is 2. The highest BCUT2D eigenvalue weighted by Gasteiger charge is 2.19. The summed E-state index contributed by atoms with van der Waals surface area (Å²) in [5.74, 6) is 1.22. The Morgan fingerprint density at radius 1 is 1.53 bits per heavy atom. The predicted octanol–water partition coefficient (Wildman–Crippen LogP) is 3.08. The third-order valence-corrected chi connectivity index (χ3v) is 3.07.